The quantitative estimate of drug-likeness (QED) is 0.132. The Labute approximate surface area is 264 Å². The molecule has 0 bridgehead atoms. The number of aliphatic hydroxyl groups excluding tert-OH is 1. The van der Waals surface area contributed by atoms with E-state index in [1.807, 2.05) is 72.8 Å². The third-order valence-electron chi connectivity index (χ3n) is 6.05. The monoisotopic (exact) mass is 777 g/mol. The predicted octanol–water partition coefficient (Wildman–Crippen LogP) is 6.20. The summed E-state index contributed by atoms with van der Waals surface area (Å²) in [7, 11) is 3.75. The fraction of sp³-hybridized carbons (Fsp3) is 0.357. The maximum absolute atomic E-state index is 9.48. The van der Waals surface area contributed by atoms with Gasteiger partial charge in [-0.1, -0.05) is 67.1 Å². The fourth-order valence-electron chi connectivity index (χ4n) is 4.20. The van der Waals surface area contributed by atoms with Crippen molar-refractivity contribution in [2.24, 2.45) is 10.8 Å². The van der Waals surface area contributed by atoms with E-state index in [9.17, 15) is 5.11 Å². The Morgan fingerprint density at radius 1 is 0.795 bits per heavy atom. The van der Waals surface area contributed by atoms with Crippen LogP contribution in [0.2, 0.25) is 0 Å². The molecule has 3 unspecified atom stereocenters. The number of aliphatic hydroxyl groups is 1. The average molecular weight is 778 g/mol. The first kappa shape index (κ1) is 34.7. The maximum atomic E-state index is 9.48. The van der Waals surface area contributed by atoms with Crippen LogP contribution in [0.1, 0.15) is 61.6 Å². The minimum absolute atomic E-state index is 0. The summed E-state index contributed by atoms with van der Waals surface area (Å²) in [5.41, 5.74) is 17.3. The van der Waals surface area contributed by atoms with E-state index in [2.05, 4.69) is 18.4 Å². The molecule has 3 N–H and O–H groups in total. The van der Waals surface area contributed by atoms with Gasteiger partial charge in [0.1, 0.15) is 17.2 Å². The first-order valence-corrected chi connectivity index (χ1v) is 11.8. The minimum atomic E-state index is -0.333. The number of hydrogen-bond acceptors (Lipinski definition) is 6. The van der Waals surface area contributed by atoms with Crippen molar-refractivity contribution in [2.45, 2.75) is 44.9 Å². The van der Waals surface area contributed by atoms with Crippen LogP contribution >= 0.6 is 12.4 Å². The maximum Gasteiger partial charge on any atom is 0.125 e. The Balaban J connectivity index is 0.000000535. The molecule has 2 radical (unpaired) electrons. The summed E-state index contributed by atoms with van der Waals surface area (Å²) in [6.07, 6.45) is 2.06. The van der Waals surface area contributed by atoms with Crippen LogP contribution in [0.3, 0.4) is 0 Å². The molecule has 0 saturated heterocycles. The molecular formula is C28H36BClN4O4U. The third-order valence-corrected chi connectivity index (χ3v) is 6.05. The van der Waals surface area contributed by atoms with Crippen molar-refractivity contribution in [1.29, 1.82) is 1.34 Å². The van der Waals surface area contributed by atoms with Crippen LogP contribution in [0.25, 0.3) is 10.4 Å². The second kappa shape index (κ2) is 18.9. The second-order valence-electron chi connectivity index (χ2n) is 8.37. The van der Waals surface area contributed by atoms with Crippen molar-refractivity contribution in [2.75, 3.05) is 19.8 Å². The first-order valence-electron chi connectivity index (χ1n) is 12.4. The molecule has 0 spiro atoms. The molecule has 206 valence electrons. The zero-order valence-corrected chi connectivity index (χ0v) is 26.0. The molecule has 0 fully saturated rings. The topological polar surface area (TPSA) is 123 Å². The molecule has 11 heteroatoms. The van der Waals surface area contributed by atoms with Gasteiger partial charge in [0.2, 0.25) is 0 Å². The summed E-state index contributed by atoms with van der Waals surface area (Å²) in [6.45, 7) is 2.00. The minimum Gasteiger partial charge on any atom is -0.493 e. The summed E-state index contributed by atoms with van der Waals surface area (Å²) >= 11 is 0. The number of nitrogens with two attached hydrogens (primary N) is 1. The van der Waals surface area contributed by atoms with Crippen molar-refractivity contribution < 1.29 is 50.4 Å². The summed E-state index contributed by atoms with van der Waals surface area (Å²) in [6, 6.07) is 23.4. The van der Waals surface area contributed by atoms with Crippen molar-refractivity contribution in [3.8, 4) is 17.2 Å². The van der Waals surface area contributed by atoms with Crippen LogP contribution in [0, 0.1) is 31.1 Å². The van der Waals surface area contributed by atoms with Gasteiger partial charge >= 0.3 is 0 Å². The van der Waals surface area contributed by atoms with Crippen molar-refractivity contribution in [3.05, 3.63) is 99.9 Å². The Kier molecular flexibility index (Phi) is 16.8. The molecule has 6 rings (SSSR count). The van der Waals surface area contributed by atoms with Gasteiger partial charge < -0.3 is 25.1 Å². The molecule has 8 nitrogen and oxygen atoms in total. The number of benzene rings is 3. The summed E-state index contributed by atoms with van der Waals surface area (Å²) in [5, 5.41) is 13.2. The van der Waals surface area contributed by atoms with Crippen LogP contribution in [0.4, 0.5) is 0 Å². The number of azide groups is 1. The van der Waals surface area contributed by atoms with Crippen LogP contribution in [-0.2, 0) is 0 Å². The van der Waals surface area contributed by atoms with E-state index >= 15 is 0 Å². The first-order chi connectivity index (χ1) is 18.2. The van der Waals surface area contributed by atoms with Gasteiger partial charge in [-0.25, -0.2) is 0 Å². The van der Waals surface area contributed by atoms with Crippen LogP contribution in [0.15, 0.2) is 77.9 Å². The second-order valence-corrected chi connectivity index (χ2v) is 8.37. The normalized spacial score (nSPS) is 19.1. The van der Waals surface area contributed by atoms with Crippen molar-refractivity contribution >= 4 is 20.8 Å². The van der Waals surface area contributed by atoms with Gasteiger partial charge in [-0.2, -0.15) is 0 Å². The molecule has 39 heavy (non-hydrogen) atoms. The fourth-order valence-corrected chi connectivity index (χ4v) is 4.20. The molecule has 3 aromatic carbocycles. The molecule has 3 aliphatic rings. The van der Waals surface area contributed by atoms with Gasteiger partial charge in [0.05, 0.1) is 32.0 Å². The van der Waals surface area contributed by atoms with Gasteiger partial charge in [-0.15, -0.1) is 12.4 Å². The van der Waals surface area contributed by atoms with E-state index in [0.29, 0.717) is 19.6 Å². The molecule has 0 amide bonds. The smallest absolute Gasteiger partial charge is 0.125 e. The molecule has 0 aliphatic carbocycles. The van der Waals surface area contributed by atoms with E-state index in [4.69, 9.17) is 26.8 Å². The molecule has 3 heterocycles. The van der Waals surface area contributed by atoms with Crippen LogP contribution < -0.4 is 19.9 Å². The summed E-state index contributed by atoms with van der Waals surface area (Å²) in [5.74, 6) is 2.61. The van der Waals surface area contributed by atoms with E-state index < -0.39 is 0 Å². The van der Waals surface area contributed by atoms with E-state index in [1.165, 1.54) is 0 Å². The number of rotatable bonds is 1. The number of fused-ring (bicyclic) bond motifs is 3. The Hall–Kier alpha value is -2.30. The predicted molar refractivity (Wildman–Crippen MR) is 155 cm³/mol. The summed E-state index contributed by atoms with van der Waals surface area (Å²) in [4.78, 5) is 2.83. The number of nitrogens with zero attached hydrogens (tertiary/aromatic N) is 3. The zero-order valence-electron chi connectivity index (χ0n) is 22.0. The molecule has 0 aromatic heterocycles. The third kappa shape index (κ3) is 9.99. The van der Waals surface area contributed by atoms with Gasteiger partial charge in [-0.3, -0.25) is 0 Å². The van der Waals surface area contributed by atoms with Crippen molar-refractivity contribution in [3.63, 3.8) is 0 Å². The van der Waals surface area contributed by atoms with Crippen molar-refractivity contribution in [1.82, 2.24) is 0 Å². The van der Waals surface area contributed by atoms with Crippen LogP contribution in [0.5, 0.6) is 17.2 Å². The standard InChI is InChI=1S/C9H9N3O.C9H11NO.C9H10O2.CH4.BH.ClH.U/c10-12-11-8-5-6-13-9-4-2-1-3-7(8)9;2*10-8-5-6-11-9-4-2-1-3-7(8)9;;;;/h1-4,8H,5-6H2;1-4,8H,5-6,10H2;1-4,8,10H,5-6H2;1H4;2*1H;/i;;;;1D;;. The van der Waals surface area contributed by atoms with Crippen LogP contribution in [-0.4, -0.2) is 34.6 Å². The van der Waals surface area contributed by atoms with Gasteiger partial charge in [0.15, 0.2) is 0 Å². The molecule has 3 aromatic rings. The number of halogens is 1. The number of hydrogen-bond donors (Lipinski definition) is 2. The van der Waals surface area contributed by atoms with Gasteiger partial charge in [0, 0.05) is 80.0 Å². The summed E-state index contributed by atoms with van der Waals surface area (Å²) < 4.78 is 21.4. The molecule has 0 saturated carbocycles. The largest absolute Gasteiger partial charge is 0.493 e. The van der Waals surface area contributed by atoms with Gasteiger partial charge in [0.25, 0.3) is 0 Å². The SMILES string of the molecule is C.Cl.NC1CCOc2ccccc21.OC1CCOc2ccccc21.[2H][B].[N-]=[N+]=NC1CCOc2ccccc21.[U]. The van der Waals surface area contributed by atoms with E-state index in [0.717, 1.165) is 53.4 Å². The Bertz CT molecular complexity index is 1140. The molecule has 3 atom stereocenters. The van der Waals surface area contributed by atoms with E-state index in [1.54, 1.807) is 0 Å². The molecular weight excluding hydrogens is 741 g/mol. The molecule has 3 aliphatic heterocycles. The number of para-hydroxylation sites is 3. The van der Waals surface area contributed by atoms with E-state index in [-0.39, 0.29) is 69.1 Å². The Morgan fingerprint density at radius 2 is 1.23 bits per heavy atom. The zero-order chi connectivity index (χ0) is 26.5. The Morgan fingerprint density at radius 3 is 1.77 bits per heavy atom. The number of ether oxygens (including phenoxy) is 3. The average Bonchev–Trinajstić information content (AvgIpc) is 2.96. The van der Waals surface area contributed by atoms with Gasteiger partial charge in [-0.05, 0) is 31.5 Å².